The minimum atomic E-state index is -0.974. The van der Waals surface area contributed by atoms with Gasteiger partial charge in [0, 0.05) is 7.05 Å². The number of halogens is 1. The van der Waals surface area contributed by atoms with Crippen LogP contribution in [0.5, 0.6) is 0 Å². The molecule has 5 nitrogen and oxygen atoms in total. The maximum atomic E-state index is 13.1. The molecule has 0 spiro atoms. The second-order valence-corrected chi connectivity index (χ2v) is 4.86. The number of carboxylic acids is 1. The van der Waals surface area contributed by atoms with Crippen LogP contribution in [0, 0.1) is 11.7 Å². The Morgan fingerprint density at radius 1 is 1.45 bits per heavy atom. The molecule has 0 saturated carbocycles. The number of benzene rings is 1. The smallest absolute Gasteiger partial charge is 0.311 e. The van der Waals surface area contributed by atoms with Crippen LogP contribution in [0.3, 0.4) is 0 Å². The molecule has 2 atom stereocenters. The Balaban J connectivity index is 2.03. The summed E-state index contributed by atoms with van der Waals surface area (Å²) in [4.78, 5) is 24.6. The fourth-order valence-corrected chi connectivity index (χ4v) is 2.29. The van der Waals surface area contributed by atoms with Crippen molar-refractivity contribution in [1.82, 2.24) is 4.90 Å². The molecule has 2 unspecified atom stereocenters. The number of hydrogen-bond donors (Lipinski definition) is 1. The number of likely N-dealkylation sites (N-methyl/N-ethyl adjacent to an activating group) is 1. The molecule has 0 radical (unpaired) electrons. The standard InChI is InChI=1S/C14H16FNO4/c1-16(12-8-20-7-11(12)14(18)19)13(17)6-9-3-2-4-10(15)5-9/h2-5,11-12H,6-8H2,1H3,(H,18,19). The Labute approximate surface area is 116 Å². The van der Waals surface area contributed by atoms with E-state index in [9.17, 15) is 14.0 Å². The number of hydrogen-bond acceptors (Lipinski definition) is 3. The van der Waals surface area contributed by atoms with E-state index in [0.29, 0.717) is 5.56 Å². The number of carbonyl (C=O) groups is 2. The molecule has 6 heteroatoms. The molecule has 1 saturated heterocycles. The van der Waals surface area contributed by atoms with Crippen molar-refractivity contribution in [2.75, 3.05) is 20.3 Å². The molecular weight excluding hydrogens is 265 g/mol. The van der Waals surface area contributed by atoms with Gasteiger partial charge in [-0.2, -0.15) is 0 Å². The first-order chi connectivity index (χ1) is 9.49. The van der Waals surface area contributed by atoms with Gasteiger partial charge in [-0.15, -0.1) is 0 Å². The van der Waals surface area contributed by atoms with Gasteiger partial charge >= 0.3 is 5.97 Å². The van der Waals surface area contributed by atoms with Crippen LogP contribution < -0.4 is 0 Å². The number of carboxylic acid groups (broad SMARTS) is 1. The Morgan fingerprint density at radius 3 is 2.85 bits per heavy atom. The maximum absolute atomic E-state index is 13.1. The number of aliphatic carboxylic acids is 1. The summed E-state index contributed by atoms with van der Waals surface area (Å²) in [6, 6.07) is 5.33. The zero-order valence-corrected chi connectivity index (χ0v) is 11.1. The van der Waals surface area contributed by atoms with Gasteiger partial charge in [0.25, 0.3) is 0 Å². The van der Waals surface area contributed by atoms with Crippen LogP contribution >= 0.6 is 0 Å². The molecule has 1 amide bonds. The van der Waals surface area contributed by atoms with Crippen LogP contribution in [-0.4, -0.2) is 48.2 Å². The van der Waals surface area contributed by atoms with Gasteiger partial charge in [0.2, 0.25) is 5.91 Å². The van der Waals surface area contributed by atoms with E-state index in [-0.39, 0.29) is 25.5 Å². The van der Waals surface area contributed by atoms with Crippen LogP contribution in [0.25, 0.3) is 0 Å². The van der Waals surface area contributed by atoms with E-state index in [1.165, 1.54) is 23.1 Å². The average molecular weight is 281 g/mol. The molecule has 0 aliphatic carbocycles. The first kappa shape index (κ1) is 14.5. The van der Waals surface area contributed by atoms with Crippen LogP contribution in [0.1, 0.15) is 5.56 Å². The first-order valence-electron chi connectivity index (χ1n) is 6.29. The van der Waals surface area contributed by atoms with Gasteiger partial charge in [-0.05, 0) is 17.7 Å². The third kappa shape index (κ3) is 3.14. The zero-order chi connectivity index (χ0) is 14.7. The topological polar surface area (TPSA) is 66.8 Å². The molecule has 1 N–H and O–H groups in total. The molecule has 108 valence electrons. The third-order valence-electron chi connectivity index (χ3n) is 3.50. The lowest BCUT2D eigenvalue weighted by Crippen LogP contribution is -2.44. The molecule has 1 aromatic rings. The van der Waals surface area contributed by atoms with E-state index >= 15 is 0 Å². The Bertz CT molecular complexity index is 520. The molecule has 0 aromatic heterocycles. The Hall–Kier alpha value is -1.95. The van der Waals surface area contributed by atoms with Gasteiger partial charge in [0.05, 0.1) is 25.7 Å². The first-order valence-corrected chi connectivity index (χ1v) is 6.29. The van der Waals surface area contributed by atoms with E-state index in [1.54, 1.807) is 13.1 Å². The van der Waals surface area contributed by atoms with Crippen LogP contribution in [-0.2, 0) is 20.7 Å². The minimum Gasteiger partial charge on any atom is -0.481 e. The van der Waals surface area contributed by atoms with Crippen molar-refractivity contribution in [3.63, 3.8) is 0 Å². The molecule has 1 aliphatic heterocycles. The number of amides is 1. The summed E-state index contributed by atoms with van der Waals surface area (Å²) in [6.07, 6.45) is 0.0388. The highest BCUT2D eigenvalue weighted by Crippen LogP contribution is 2.20. The molecule has 1 heterocycles. The number of carbonyl (C=O) groups excluding carboxylic acids is 1. The molecule has 0 bridgehead atoms. The molecule has 20 heavy (non-hydrogen) atoms. The number of ether oxygens (including phenoxy) is 1. The lowest BCUT2D eigenvalue weighted by molar-refractivity contribution is -0.144. The molecular formula is C14H16FNO4. The minimum absolute atomic E-state index is 0.0388. The highest BCUT2D eigenvalue weighted by atomic mass is 19.1. The van der Waals surface area contributed by atoms with E-state index in [1.807, 2.05) is 0 Å². The molecule has 1 aliphatic rings. The van der Waals surface area contributed by atoms with Crippen LogP contribution in [0.2, 0.25) is 0 Å². The quantitative estimate of drug-likeness (QED) is 0.891. The van der Waals surface area contributed by atoms with Gasteiger partial charge in [-0.3, -0.25) is 9.59 Å². The van der Waals surface area contributed by atoms with Crippen molar-refractivity contribution < 1.29 is 23.8 Å². The highest BCUT2D eigenvalue weighted by Gasteiger charge is 2.38. The lowest BCUT2D eigenvalue weighted by Gasteiger charge is -2.26. The molecule has 1 aromatic carbocycles. The fraction of sp³-hybridized carbons (Fsp3) is 0.429. The van der Waals surface area contributed by atoms with E-state index in [2.05, 4.69) is 0 Å². The highest BCUT2D eigenvalue weighted by molar-refractivity contribution is 5.80. The maximum Gasteiger partial charge on any atom is 0.311 e. The molecule has 1 fully saturated rings. The predicted molar refractivity (Wildman–Crippen MR) is 68.6 cm³/mol. The van der Waals surface area contributed by atoms with Gasteiger partial charge < -0.3 is 14.7 Å². The van der Waals surface area contributed by atoms with Crippen molar-refractivity contribution in [2.45, 2.75) is 12.5 Å². The fourth-order valence-electron chi connectivity index (χ4n) is 2.29. The van der Waals surface area contributed by atoms with Gasteiger partial charge in [0.1, 0.15) is 11.7 Å². The van der Waals surface area contributed by atoms with E-state index in [0.717, 1.165) is 0 Å². The summed E-state index contributed by atoms with van der Waals surface area (Å²) >= 11 is 0. The van der Waals surface area contributed by atoms with Gasteiger partial charge in [-0.1, -0.05) is 12.1 Å². The summed E-state index contributed by atoms with van der Waals surface area (Å²) in [6.45, 7) is 0.319. The van der Waals surface area contributed by atoms with Crippen molar-refractivity contribution in [2.24, 2.45) is 5.92 Å². The Kier molecular flexibility index (Phi) is 4.34. The largest absolute Gasteiger partial charge is 0.481 e. The van der Waals surface area contributed by atoms with Crippen LogP contribution in [0.4, 0.5) is 4.39 Å². The summed E-state index contributed by atoms with van der Waals surface area (Å²) in [5, 5.41) is 9.07. The Morgan fingerprint density at radius 2 is 2.20 bits per heavy atom. The van der Waals surface area contributed by atoms with Gasteiger partial charge in [0.15, 0.2) is 0 Å². The summed E-state index contributed by atoms with van der Waals surface area (Å²) in [5.41, 5.74) is 0.563. The summed E-state index contributed by atoms with van der Waals surface area (Å²) in [7, 11) is 1.55. The summed E-state index contributed by atoms with van der Waals surface area (Å²) < 4.78 is 18.2. The van der Waals surface area contributed by atoms with Crippen molar-refractivity contribution >= 4 is 11.9 Å². The predicted octanol–water partition coefficient (Wildman–Crippen LogP) is 0.926. The monoisotopic (exact) mass is 281 g/mol. The summed E-state index contributed by atoms with van der Waals surface area (Å²) in [5.74, 6) is -2.34. The normalized spacial score (nSPS) is 21.7. The second-order valence-electron chi connectivity index (χ2n) is 4.86. The lowest BCUT2D eigenvalue weighted by atomic mass is 10.0. The van der Waals surface area contributed by atoms with E-state index < -0.39 is 23.7 Å². The number of nitrogens with zero attached hydrogens (tertiary/aromatic N) is 1. The van der Waals surface area contributed by atoms with Gasteiger partial charge in [-0.25, -0.2) is 4.39 Å². The van der Waals surface area contributed by atoms with Crippen LogP contribution in [0.15, 0.2) is 24.3 Å². The van der Waals surface area contributed by atoms with Crippen molar-refractivity contribution in [3.8, 4) is 0 Å². The van der Waals surface area contributed by atoms with Crippen molar-refractivity contribution in [3.05, 3.63) is 35.6 Å². The molecule has 2 rings (SSSR count). The number of rotatable bonds is 4. The SMILES string of the molecule is CN(C(=O)Cc1cccc(F)c1)C1COCC1C(=O)O. The average Bonchev–Trinajstić information content (AvgIpc) is 2.87. The third-order valence-corrected chi connectivity index (χ3v) is 3.50. The van der Waals surface area contributed by atoms with E-state index in [4.69, 9.17) is 9.84 Å². The zero-order valence-electron chi connectivity index (χ0n) is 11.1. The second kappa shape index (κ2) is 6.00. The van der Waals surface area contributed by atoms with Crippen molar-refractivity contribution in [1.29, 1.82) is 0 Å².